The molecule has 2 aromatic rings. The van der Waals surface area contributed by atoms with Crippen LogP contribution in [0.4, 0.5) is 4.39 Å². The Bertz CT molecular complexity index is 813. The zero-order chi connectivity index (χ0) is 14.9. The molecule has 0 bridgehead atoms. The molecule has 0 aromatic heterocycles. The van der Waals surface area contributed by atoms with E-state index in [0.29, 0.717) is 13.2 Å². The maximum absolute atomic E-state index is 13.3. The molecule has 1 aliphatic heterocycles. The number of hydrogen-bond donors (Lipinski definition) is 0. The summed E-state index contributed by atoms with van der Waals surface area (Å²) >= 11 is 0. The molecule has 1 saturated heterocycles. The highest BCUT2D eigenvalue weighted by Crippen LogP contribution is 2.37. The highest BCUT2D eigenvalue weighted by Gasteiger charge is 2.22. The quantitative estimate of drug-likeness (QED) is 0.738. The minimum atomic E-state index is -0.197. The maximum atomic E-state index is 13.3. The highest BCUT2D eigenvalue weighted by molar-refractivity contribution is 5.93. The van der Waals surface area contributed by atoms with Crippen molar-refractivity contribution in [3.63, 3.8) is 0 Å². The highest BCUT2D eigenvalue weighted by atomic mass is 19.1. The van der Waals surface area contributed by atoms with Gasteiger partial charge in [-0.05, 0) is 51.6 Å². The van der Waals surface area contributed by atoms with Crippen LogP contribution < -0.4 is 0 Å². The average Bonchev–Trinajstić information content (AvgIpc) is 3.14. The lowest BCUT2D eigenvalue weighted by Gasteiger charge is -2.07. The van der Waals surface area contributed by atoms with Gasteiger partial charge in [-0.25, -0.2) is 4.39 Å². The van der Waals surface area contributed by atoms with E-state index in [1.54, 1.807) is 6.07 Å². The zero-order valence-electron chi connectivity index (χ0n) is 12.1. The van der Waals surface area contributed by atoms with E-state index in [1.807, 2.05) is 30.3 Å². The molecule has 0 unspecified atom stereocenters. The first-order chi connectivity index (χ1) is 10.8. The number of rotatable bonds is 1. The Labute approximate surface area is 129 Å². The first kappa shape index (κ1) is 13.2. The molecule has 1 aliphatic carbocycles. The van der Waals surface area contributed by atoms with Gasteiger partial charge in [-0.15, -0.1) is 0 Å². The number of allylic oxidation sites excluding steroid dienone is 2. The van der Waals surface area contributed by atoms with Crippen LogP contribution in [-0.4, -0.2) is 13.2 Å². The lowest BCUT2D eigenvalue weighted by atomic mass is 9.96. The number of ether oxygens (including phenoxy) is 1. The predicted molar refractivity (Wildman–Crippen MR) is 87.6 cm³/mol. The second-order valence-corrected chi connectivity index (χ2v) is 5.53. The molecule has 0 N–H and O–H groups in total. The largest absolute Gasteiger partial charge is 0.372 e. The number of hydrogen-bond acceptors (Lipinski definition) is 1. The third-order valence-electron chi connectivity index (χ3n) is 4.09. The fraction of sp³-hybridized carbons (Fsp3) is 0.100. The molecular formula is C20H15FO. The smallest absolute Gasteiger partial charge is 0.123 e. The van der Waals surface area contributed by atoms with Gasteiger partial charge in [-0.3, -0.25) is 0 Å². The lowest BCUT2D eigenvalue weighted by Crippen LogP contribution is -1.92. The summed E-state index contributed by atoms with van der Waals surface area (Å²) in [6, 6.07) is 15.2. The van der Waals surface area contributed by atoms with Gasteiger partial charge in [0.1, 0.15) is 5.82 Å². The van der Waals surface area contributed by atoms with Gasteiger partial charge in [0.15, 0.2) is 0 Å². The van der Waals surface area contributed by atoms with E-state index in [-0.39, 0.29) is 5.82 Å². The van der Waals surface area contributed by atoms with Crippen LogP contribution in [0.15, 0.2) is 65.8 Å². The van der Waals surface area contributed by atoms with Crippen LogP contribution in [0, 0.1) is 5.82 Å². The molecule has 0 atom stereocenters. The molecule has 1 fully saturated rings. The molecule has 0 spiro atoms. The van der Waals surface area contributed by atoms with Crippen molar-refractivity contribution in [1.82, 2.24) is 0 Å². The Kier molecular flexibility index (Phi) is 3.24. The van der Waals surface area contributed by atoms with Crippen molar-refractivity contribution in [3.8, 4) is 0 Å². The Hall–Kier alpha value is -2.45. The van der Waals surface area contributed by atoms with Crippen LogP contribution >= 0.6 is 0 Å². The molecule has 22 heavy (non-hydrogen) atoms. The first-order valence-electron chi connectivity index (χ1n) is 7.36. The molecule has 2 heteroatoms. The summed E-state index contributed by atoms with van der Waals surface area (Å²) in [4.78, 5) is 0. The van der Waals surface area contributed by atoms with Crippen molar-refractivity contribution in [2.45, 2.75) is 0 Å². The summed E-state index contributed by atoms with van der Waals surface area (Å²) in [5.41, 5.74) is 6.74. The van der Waals surface area contributed by atoms with E-state index >= 15 is 0 Å². The van der Waals surface area contributed by atoms with Gasteiger partial charge in [0.2, 0.25) is 0 Å². The van der Waals surface area contributed by atoms with Gasteiger partial charge in [0.05, 0.1) is 13.2 Å². The van der Waals surface area contributed by atoms with Crippen molar-refractivity contribution < 1.29 is 9.13 Å². The minimum Gasteiger partial charge on any atom is -0.372 e. The van der Waals surface area contributed by atoms with Crippen molar-refractivity contribution in [1.29, 1.82) is 0 Å². The summed E-state index contributed by atoms with van der Waals surface area (Å²) in [6.07, 6.45) is 6.21. The molecular weight excluding hydrogens is 275 g/mol. The SMILES string of the molecule is Fc1ccc2c(c1)C=C/C2=C1/COC/C1=C\c1ccccc1. The van der Waals surface area contributed by atoms with E-state index < -0.39 is 0 Å². The van der Waals surface area contributed by atoms with Gasteiger partial charge in [-0.2, -0.15) is 0 Å². The Morgan fingerprint density at radius 1 is 0.955 bits per heavy atom. The summed E-state index contributed by atoms with van der Waals surface area (Å²) in [5.74, 6) is -0.197. The van der Waals surface area contributed by atoms with E-state index in [2.05, 4.69) is 24.3 Å². The Morgan fingerprint density at radius 3 is 2.68 bits per heavy atom. The first-order valence-corrected chi connectivity index (χ1v) is 7.36. The van der Waals surface area contributed by atoms with Crippen molar-refractivity contribution in [3.05, 3.63) is 88.3 Å². The monoisotopic (exact) mass is 290 g/mol. The van der Waals surface area contributed by atoms with Gasteiger partial charge in [0, 0.05) is 0 Å². The third-order valence-corrected chi connectivity index (χ3v) is 4.09. The summed E-state index contributed by atoms with van der Waals surface area (Å²) in [7, 11) is 0. The molecule has 0 amide bonds. The molecule has 108 valence electrons. The minimum absolute atomic E-state index is 0.197. The van der Waals surface area contributed by atoms with Crippen LogP contribution in [0.5, 0.6) is 0 Å². The maximum Gasteiger partial charge on any atom is 0.123 e. The fourth-order valence-electron chi connectivity index (χ4n) is 3.02. The number of fused-ring (bicyclic) bond motifs is 1. The molecule has 4 rings (SSSR count). The van der Waals surface area contributed by atoms with Crippen molar-refractivity contribution in [2.75, 3.05) is 13.2 Å². The van der Waals surface area contributed by atoms with Gasteiger partial charge in [0.25, 0.3) is 0 Å². The van der Waals surface area contributed by atoms with Crippen LogP contribution in [0.3, 0.4) is 0 Å². The lowest BCUT2D eigenvalue weighted by molar-refractivity contribution is 0.215. The molecule has 1 heterocycles. The van der Waals surface area contributed by atoms with Crippen molar-refractivity contribution >= 4 is 17.7 Å². The van der Waals surface area contributed by atoms with E-state index in [0.717, 1.165) is 16.7 Å². The molecule has 2 aliphatic rings. The number of benzene rings is 2. The standard InChI is InChI=1S/C20H15FO/c21-17-7-9-18-15(11-17)6-8-19(18)20-13-22-12-16(20)10-14-4-2-1-3-5-14/h1-11H,12-13H2/b16-10+,20-19+. The molecule has 0 radical (unpaired) electrons. The summed E-state index contributed by atoms with van der Waals surface area (Å²) in [6.45, 7) is 1.23. The average molecular weight is 290 g/mol. The predicted octanol–water partition coefficient (Wildman–Crippen LogP) is 4.72. The Balaban J connectivity index is 1.80. The van der Waals surface area contributed by atoms with Gasteiger partial charge in [-0.1, -0.05) is 48.6 Å². The van der Waals surface area contributed by atoms with Crippen LogP contribution in [0.2, 0.25) is 0 Å². The summed E-state index contributed by atoms with van der Waals surface area (Å²) < 4.78 is 19.0. The molecule has 2 aromatic carbocycles. The van der Waals surface area contributed by atoms with E-state index in [9.17, 15) is 4.39 Å². The molecule has 1 nitrogen and oxygen atoms in total. The van der Waals surface area contributed by atoms with Gasteiger partial charge < -0.3 is 4.74 Å². The zero-order valence-corrected chi connectivity index (χ0v) is 12.1. The van der Waals surface area contributed by atoms with E-state index in [4.69, 9.17) is 4.74 Å². The normalized spacial score (nSPS) is 21.6. The number of halogens is 1. The second kappa shape index (κ2) is 5.39. The van der Waals surface area contributed by atoms with E-state index in [1.165, 1.54) is 22.8 Å². The third kappa shape index (κ3) is 2.32. The molecule has 0 saturated carbocycles. The fourth-order valence-corrected chi connectivity index (χ4v) is 3.02. The van der Waals surface area contributed by atoms with Crippen LogP contribution in [0.1, 0.15) is 16.7 Å². The van der Waals surface area contributed by atoms with Crippen LogP contribution in [-0.2, 0) is 4.74 Å². The Morgan fingerprint density at radius 2 is 1.82 bits per heavy atom. The van der Waals surface area contributed by atoms with Gasteiger partial charge >= 0.3 is 0 Å². The van der Waals surface area contributed by atoms with Crippen molar-refractivity contribution in [2.24, 2.45) is 0 Å². The van der Waals surface area contributed by atoms with Crippen LogP contribution in [0.25, 0.3) is 17.7 Å². The summed E-state index contributed by atoms with van der Waals surface area (Å²) in [5, 5.41) is 0. The topological polar surface area (TPSA) is 9.23 Å². The second-order valence-electron chi connectivity index (χ2n) is 5.53.